The first-order valence-corrected chi connectivity index (χ1v) is 5.46. The molecule has 3 nitrogen and oxygen atoms in total. The molecule has 1 N–H and O–H groups in total. The summed E-state index contributed by atoms with van der Waals surface area (Å²) in [6.07, 6.45) is 3.51. The Kier molecular flexibility index (Phi) is 4.08. The van der Waals surface area contributed by atoms with Crippen molar-refractivity contribution >= 4 is 6.29 Å². The Labute approximate surface area is 86.1 Å². The van der Waals surface area contributed by atoms with E-state index in [1.54, 1.807) is 0 Å². The Bertz CT molecular complexity index is 188. The van der Waals surface area contributed by atoms with Gasteiger partial charge in [-0.25, -0.2) is 0 Å². The van der Waals surface area contributed by atoms with Gasteiger partial charge >= 0.3 is 0 Å². The topological polar surface area (TPSA) is 40.5 Å². The van der Waals surface area contributed by atoms with E-state index in [0.29, 0.717) is 0 Å². The molecule has 1 aliphatic heterocycles. The van der Waals surface area contributed by atoms with Crippen LogP contribution in [0.1, 0.15) is 33.1 Å². The number of aliphatic hydroxyl groups is 1. The van der Waals surface area contributed by atoms with Crippen molar-refractivity contribution in [3.63, 3.8) is 0 Å². The summed E-state index contributed by atoms with van der Waals surface area (Å²) in [5.41, 5.74) is -0.206. The number of likely N-dealkylation sites (tertiary alicyclic amines) is 1. The highest BCUT2D eigenvalue weighted by atomic mass is 16.3. The lowest BCUT2D eigenvalue weighted by atomic mass is 9.88. The number of aldehydes is 1. The van der Waals surface area contributed by atoms with Crippen LogP contribution in [-0.2, 0) is 4.79 Å². The van der Waals surface area contributed by atoms with E-state index in [-0.39, 0.29) is 11.5 Å². The third-order valence-corrected chi connectivity index (χ3v) is 3.23. The number of hydrogen-bond acceptors (Lipinski definition) is 3. The van der Waals surface area contributed by atoms with Gasteiger partial charge < -0.3 is 14.8 Å². The molecule has 0 saturated carbocycles. The van der Waals surface area contributed by atoms with Crippen molar-refractivity contribution in [1.29, 1.82) is 0 Å². The first-order chi connectivity index (χ1) is 6.59. The maximum atomic E-state index is 10.9. The van der Waals surface area contributed by atoms with Crippen molar-refractivity contribution in [2.75, 3.05) is 19.6 Å². The van der Waals surface area contributed by atoms with Crippen LogP contribution in [0.15, 0.2) is 0 Å². The summed E-state index contributed by atoms with van der Waals surface area (Å²) in [7, 11) is 0. The zero-order valence-electron chi connectivity index (χ0n) is 9.20. The number of hydrogen-bond donors (Lipinski definition) is 1. The van der Waals surface area contributed by atoms with Crippen LogP contribution in [-0.4, -0.2) is 42.0 Å². The first-order valence-electron chi connectivity index (χ1n) is 5.46. The van der Waals surface area contributed by atoms with Gasteiger partial charge in [-0.2, -0.15) is 0 Å². The van der Waals surface area contributed by atoms with E-state index < -0.39 is 0 Å². The summed E-state index contributed by atoms with van der Waals surface area (Å²) < 4.78 is 0. The summed E-state index contributed by atoms with van der Waals surface area (Å²) >= 11 is 0. The zero-order chi connectivity index (χ0) is 10.6. The predicted molar refractivity (Wildman–Crippen MR) is 56.1 cm³/mol. The van der Waals surface area contributed by atoms with Gasteiger partial charge in [-0.05, 0) is 19.3 Å². The molecule has 1 aliphatic rings. The lowest BCUT2D eigenvalue weighted by molar-refractivity contribution is -0.116. The highest BCUT2D eigenvalue weighted by Gasteiger charge is 2.26. The van der Waals surface area contributed by atoms with Crippen LogP contribution in [0.4, 0.5) is 0 Å². The monoisotopic (exact) mass is 199 g/mol. The standard InChI is InChI=1S/C11H21NO2/c1-3-11(2,9-13)8-12-6-4-10(14)5-7-12/h9-10,14H,3-8H2,1-2H3. The molecular weight excluding hydrogens is 178 g/mol. The molecule has 1 saturated heterocycles. The second-order valence-corrected chi connectivity index (χ2v) is 4.63. The predicted octanol–water partition coefficient (Wildman–Crippen LogP) is 1.06. The van der Waals surface area contributed by atoms with E-state index in [9.17, 15) is 9.90 Å². The highest BCUT2D eigenvalue weighted by Crippen LogP contribution is 2.21. The van der Waals surface area contributed by atoms with Gasteiger partial charge in [0.15, 0.2) is 0 Å². The lowest BCUT2D eigenvalue weighted by Gasteiger charge is -2.34. The molecule has 0 aromatic carbocycles. The summed E-state index contributed by atoms with van der Waals surface area (Å²) in [5.74, 6) is 0. The molecule has 0 bridgehead atoms. The number of piperidine rings is 1. The number of nitrogens with zero attached hydrogens (tertiary/aromatic N) is 1. The van der Waals surface area contributed by atoms with Gasteiger partial charge in [0.25, 0.3) is 0 Å². The number of aliphatic hydroxyl groups excluding tert-OH is 1. The molecule has 0 spiro atoms. The molecule has 82 valence electrons. The zero-order valence-corrected chi connectivity index (χ0v) is 9.20. The summed E-state index contributed by atoms with van der Waals surface area (Å²) in [6.45, 7) is 6.73. The Morgan fingerprint density at radius 2 is 2.07 bits per heavy atom. The third-order valence-electron chi connectivity index (χ3n) is 3.23. The molecule has 1 unspecified atom stereocenters. The second-order valence-electron chi connectivity index (χ2n) is 4.63. The van der Waals surface area contributed by atoms with E-state index in [1.165, 1.54) is 0 Å². The van der Waals surface area contributed by atoms with Gasteiger partial charge in [-0.1, -0.05) is 13.8 Å². The van der Waals surface area contributed by atoms with Crippen LogP contribution in [0.25, 0.3) is 0 Å². The van der Waals surface area contributed by atoms with E-state index in [0.717, 1.165) is 45.2 Å². The van der Waals surface area contributed by atoms with Crippen LogP contribution in [0.5, 0.6) is 0 Å². The molecule has 14 heavy (non-hydrogen) atoms. The van der Waals surface area contributed by atoms with Gasteiger partial charge in [-0.3, -0.25) is 0 Å². The molecular formula is C11H21NO2. The number of carbonyl (C=O) groups is 1. The molecule has 1 rings (SSSR count). The van der Waals surface area contributed by atoms with Crippen LogP contribution < -0.4 is 0 Å². The van der Waals surface area contributed by atoms with Crippen molar-refractivity contribution in [2.45, 2.75) is 39.2 Å². The maximum absolute atomic E-state index is 10.9. The Morgan fingerprint density at radius 1 is 1.50 bits per heavy atom. The van der Waals surface area contributed by atoms with Crippen molar-refractivity contribution < 1.29 is 9.90 Å². The van der Waals surface area contributed by atoms with Crippen molar-refractivity contribution in [3.05, 3.63) is 0 Å². The van der Waals surface area contributed by atoms with Gasteiger partial charge in [0.05, 0.1) is 6.10 Å². The SMILES string of the molecule is CCC(C)(C=O)CN1CCC(O)CC1. The van der Waals surface area contributed by atoms with Crippen LogP contribution in [0.3, 0.4) is 0 Å². The molecule has 1 fully saturated rings. The molecule has 3 heteroatoms. The fourth-order valence-electron chi connectivity index (χ4n) is 1.82. The molecule has 0 aromatic heterocycles. The quantitative estimate of drug-likeness (QED) is 0.688. The van der Waals surface area contributed by atoms with E-state index in [2.05, 4.69) is 4.90 Å². The summed E-state index contributed by atoms with van der Waals surface area (Å²) in [4.78, 5) is 13.2. The normalized spacial score (nSPS) is 24.5. The molecule has 0 amide bonds. The minimum Gasteiger partial charge on any atom is -0.393 e. The maximum Gasteiger partial charge on any atom is 0.127 e. The van der Waals surface area contributed by atoms with Crippen molar-refractivity contribution in [2.24, 2.45) is 5.41 Å². The van der Waals surface area contributed by atoms with Crippen LogP contribution in [0, 0.1) is 5.41 Å². The third kappa shape index (κ3) is 3.07. The molecule has 0 radical (unpaired) electrons. The largest absolute Gasteiger partial charge is 0.393 e. The molecule has 0 aromatic rings. The summed E-state index contributed by atoms with van der Waals surface area (Å²) in [6, 6.07) is 0. The summed E-state index contributed by atoms with van der Waals surface area (Å²) in [5, 5.41) is 9.34. The minimum atomic E-state index is -0.206. The van der Waals surface area contributed by atoms with E-state index in [1.807, 2.05) is 13.8 Å². The molecule has 0 aliphatic carbocycles. The lowest BCUT2D eigenvalue weighted by Crippen LogP contribution is -2.42. The Hall–Kier alpha value is -0.410. The smallest absolute Gasteiger partial charge is 0.127 e. The van der Waals surface area contributed by atoms with Crippen molar-refractivity contribution in [3.8, 4) is 0 Å². The van der Waals surface area contributed by atoms with E-state index in [4.69, 9.17) is 0 Å². The second kappa shape index (κ2) is 4.89. The first kappa shape index (κ1) is 11.7. The minimum absolute atomic E-state index is 0.129. The van der Waals surface area contributed by atoms with Crippen LogP contribution >= 0.6 is 0 Å². The average Bonchev–Trinajstić information content (AvgIpc) is 2.21. The number of carbonyl (C=O) groups excluding carboxylic acids is 1. The highest BCUT2D eigenvalue weighted by molar-refractivity contribution is 5.58. The number of rotatable bonds is 4. The van der Waals surface area contributed by atoms with Gasteiger partial charge in [0, 0.05) is 25.0 Å². The Balaban J connectivity index is 2.40. The van der Waals surface area contributed by atoms with E-state index >= 15 is 0 Å². The molecule has 1 heterocycles. The van der Waals surface area contributed by atoms with Gasteiger partial charge in [0.2, 0.25) is 0 Å². The fraction of sp³-hybridized carbons (Fsp3) is 0.909. The van der Waals surface area contributed by atoms with Crippen LogP contribution in [0.2, 0.25) is 0 Å². The Morgan fingerprint density at radius 3 is 2.50 bits per heavy atom. The van der Waals surface area contributed by atoms with Crippen molar-refractivity contribution in [1.82, 2.24) is 4.90 Å². The molecule has 1 atom stereocenters. The van der Waals surface area contributed by atoms with Gasteiger partial charge in [-0.15, -0.1) is 0 Å². The average molecular weight is 199 g/mol. The van der Waals surface area contributed by atoms with Gasteiger partial charge in [0.1, 0.15) is 6.29 Å². The fourth-order valence-corrected chi connectivity index (χ4v) is 1.82.